The second-order valence-electron chi connectivity index (χ2n) is 6.21. The van der Waals surface area contributed by atoms with Crippen molar-refractivity contribution in [3.63, 3.8) is 0 Å². The molecule has 6 heteroatoms. The summed E-state index contributed by atoms with van der Waals surface area (Å²) in [5, 5.41) is 9.14. The largest absolute Gasteiger partial charge is 0.325 e. The molecule has 0 bridgehead atoms. The molecule has 0 aliphatic carbocycles. The number of carbonyl (C=O) groups is 1. The van der Waals surface area contributed by atoms with E-state index in [9.17, 15) is 9.59 Å². The number of nitrogens with zero attached hydrogens (tertiary/aromatic N) is 3. The summed E-state index contributed by atoms with van der Waals surface area (Å²) >= 11 is 0. The molecule has 0 spiro atoms. The van der Waals surface area contributed by atoms with Crippen LogP contribution in [0.4, 0.5) is 0 Å². The second-order valence-corrected chi connectivity index (χ2v) is 6.21. The van der Waals surface area contributed by atoms with Gasteiger partial charge in [0.25, 0.3) is 5.56 Å². The molecular formula is C19H22N4O2. The second kappa shape index (κ2) is 7.75. The Labute approximate surface area is 146 Å². The van der Waals surface area contributed by atoms with Gasteiger partial charge < -0.3 is 4.98 Å². The molecule has 25 heavy (non-hydrogen) atoms. The summed E-state index contributed by atoms with van der Waals surface area (Å²) in [6, 6.07) is 7.47. The quantitative estimate of drug-likeness (QED) is 0.927. The number of nitriles is 1. The zero-order valence-electron chi connectivity index (χ0n) is 15.0. The monoisotopic (exact) mass is 338 g/mol. The van der Waals surface area contributed by atoms with E-state index in [1.165, 1.54) is 0 Å². The molecule has 0 atom stereocenters. The van der Waals surface area contributed by atoms with Crippen molar-refractivity contribution in [1.29, 1.82) is 5.26 Å². The van der Waals surface area contributed by atoms with Crippen LogP contribution in [0.15, 0.2) is 34.2 Å². The number of aromatic nitrogens is 2. The van der Waals surface area contributed by atoms with Gasteiger partial charge in [-0.1, -0.05) is 6.07 Å². The minimum Gasteiger partial charge on any atom is -0.325 e. The third-order valence-electron chi connectivity index (χ3n) is 4.01. The summed E-state index contributed by atoms with van der Waals surface area (Å²) in [7, 11) is 0. The van der Waals surface area contributed by atoms with Crippen LogP contribution in [0.25, 0.3) is 0 Å². The number of hydrogen-bond acceptors (Lipinski definition) is 4. The third kappa shape index (κ3) is 4.13. The molecule has 0 radical (unpaired) electrons. The van der Waals surface area contributed by atoms with E-state index in [0.29, 0.717) is 23.2 Å². The Morgan fingerprint density at radius 1 is 1.36 bits per heavy atom. The highest BCUT2D eigenvalue weighted by Gasteiger charge is 2.14. The highest BCUT2D eigenvalue weighted by molar-refractivity contribution is 5.79. The first-order valence-corrected chi connectivity index (χ1v) is 8.22. The molecule has 1 N–H and O–H groups in total. The molecule has 0 saturated carbocycles. The van der Waals surface area contributed by atoms with Gasteiger partial charge in [0.1, 0.15) is 17.1 Å². The van der Waals surface area contributed by atoms with Crippen molar-refractivity contribution in [3.05, 3.63) is 62.6 Å². The van der Waals surface area contributed by atoms with Gasteiger partial charge in [0.2, 0.25) is 5.91 Å². The maximum atomic E-state index is 12.6. The Morgan fingerprint density at radius 2 is 2.08 bits per heavy atom. The highest BCUT2D eigenvalue weighted by atomic mass is 16.2. The fraction of sp³-hybridized carbons (Fsp3) is 0.368. The number of rotatable bonds is 4. The van der Waals surface area contributed by atoms with E-state index in [2.05, 4.69) is 9.98 Å². The molecule has 2 rings (SSSR count). The van der Waals surface area contributed by atoms with Crippen molar-refractivity contribution in [2.45, 2.75) is 46.6 Å². The summed E-state index contributed by atoms with van der Waals surface area (Å²) in [5.41, 5.74) is 2.51. The Morgan fingerprint density at radius 3 is 2.72 bits per heavy atom. The lowest BCUT2D eigenvalue weighted by Crippen LogP contribution is -2.28. The number of aryl methyl sites for hydroxylation is 1. The maximum absolute atomic E-state index is 12.6. The minimum absolute atomic E-state index is 0.0801. The maximum Gasteiger partial charge on any atom is 0.266 e. The first kappa shape index (κ1) is 18.4. The van der Waals surface area contributed by atoms with Crippen LogP contribution < -0.4 is 11.0 Å². The van der Waals surface area contributed by atoms with Crippen LogP contribution in [0, 0.1) is 25.2 Å². The SMILES string of the molecule is Cc1[nH]c(=O)c(C#N)c(C)c1CCC(=O)n1ccccc1=NC(C)C. The minimum atomic E-state index is -0.386. The van der Waals surface area contributed by atoms with E-state index in [1.54, 1.807) is 30.7 Å². The number of nitrogens with one attached hydrogen (secondary N) is 1. The Hall–Kier alpha value is -2.94. The van der Waals surface area contributed by atoms with E-state index < -0.39 is 0 Å². The summed E-state index contributed by atoms with van der Waals surface area (Å²) in [6.45, 7) is 7.44. The Kier molecular flexibility index (Phi) is 5.71. The lowest BCUT2D eigenvalue weighted by molar-refractivity contribution is 0.0897. The van der Waals surface area contributed by atoms with Gasteiger partial charge in [-0.2, -0.15) is 5.26 Å². The van der Waals surface area contributed by atoms with E-state index >= 15 is 0 Å². The number of carbonyl (C=O) groups excluding carboxylic acids is 1. The summed E-state index contributed by atoms with van der Waals surface area (Å²) in [5.74, 6) is -0.0801. The molecular weight excluding hydrogens is 316 g/mol. The Bertz CT molecular complexity index is 959. The van der Waals surface area contributed by atoms with Gasteiger partial charge in [0.05, 0.1) is 0 Å². The predicted octanol–water partition coefficient (Wildman–Crippen LogP) is 2.25. The van der Waals surface area contributed by atoms with E-state index in [-0.39, 0.29) is 29.5 Å². The number of aromatic amines is 1. The van der Waals surface area contributed by atoms with E-state index in [4.69, 9.17) is 5.26 Å². The van der Waals surface area contributed by atoms with Crippen molar-refractivity contribution in [2.24, 2.45) is 4.99 Å². The van der Waals surface area contributed by atoms with Gasteiger partial charge in [-0.25, -0.2) is 0 Å². The molecule has 6 nitrogen and oxygen atoms in total. The molecule has 0 aliphatic heterocycles. The molecule has 0 fully saturated rings. The van der Waals surface area contributed by atoms with E-state index in [1.807, 2.05) is 32.0 Å². The summed E-state index contributed by atoms with van der Waals surface area (Å²) < 4.78 is 1.54. The molecule has 0 unspecified atom stereocenters. The molecule has 0 amide bonds. The van der Waals surface area contributed by atoms with Crippen LogP contribution in [0.1, 0.15) is 47.4 Å². The van der Waals surface area contributed by atoms with Crippen molar-refractivity contribution >= 4 is 5.91 Å². The average molecular weight is 338 g/mol. The van der Waals surface area contributed by atoms with Crippen LogP contribution in [0.3, 0.4) is 0 Å². The van der Waals surface area contributed by atoms with Crippen LogP contribution in [0.2, 0.25) is 0 Å². The molecule has 2 aromatic heterocycles. The highest BCUT2D eigenvalue weighted by Crippen LogP contribution is 2.15. The lowest BCUT2D eigenvalue weighted by atomic mass is 9.99. The first-order chi connectivity index (χ1) is 11.8. The van der Waals surface area contributed by atoms with Gasteiger partial charge in [-0.3, -0.25) is 19.1 Å². The Balaban J connectivity index is 2.31. The summed E-state index contributed by atoms with van der Waals surface area (Å²) in [6.07, 6.45) is 2.41. The molecule has 130 valence electrons. The topological polar surface area (TPSA) is 91.0 Å². The van der Waals surface area contributed by atoms with Crippen LogP contribution in [-0.2, 0) is 6.42 Å². The smallest absolute Gasteiger partial charge is 0.266 e. The molecule has 0 aromatic carbocycles. The van der Waals surface area contributed by atoms with Crippen molar-refractivity contribution in [3.8, 4) is 6.07 Å². The number of hydrogen-bond donors (Lipinski definition) is 1. The lowest BCUT2D eigenvalue weighted by Gasteiger charge is -2.11. The molecule has 0 aliphatic rings. The van der Waals surface area contributed by atoms with E-state index in [0.717, 1.165) is 5.56 Å². The van der Waals surface area contributed by atoms with Crippen molar-refractivity contribution in [1.82, 2.24) is 9.55 Å². The zero-order valence-corrected chi connectivity index (χ0v) is 15.0. The van der Waals surface area contributed by atoms with Gasteiger partial charge in [0.15, 0.2) is 0 Å². The summed E-state index contributed by atoms with van der Waals surface area (Å²) in [4.78, 5) is 31.6. The normalized spacial score (nSPS) is 11.6. The predicted molar refractivity (Wildman–Crippen MR) is 95.3 cm³/mol. The van der Waals surface area contributed by atoms with Gasteiger partial charge >= 0.3 is 0 Å². The van der Waals surface area contributed by atoms with Crippen LogP contribution >= 0.6 is 0 Å². The first-order valence-electron chi connectivity index (χ1n) is 8.22. The van der Waals surface area contributed by atoms with Crippen LogP contribution in [-0.4, -0.2) is 21.5 Å². The molecule has 2 heterocycles. The van der Waals surface area contributed by atoms with Gasteiger partial charge in [-0.15, -0.1) is 0 Å². The van der Waals surface area contributed by atoms with Crippen molar-refractivity contribution in [2.75, 3.05) is 0 Å². The zero-order chi connectivity index (χ0) is 18.6. The number of H-pyrrole nitrogens is 1. The van der Waals surface area contributed by atoms with Gasteiger partial charge in [-0.05, 0) is 57.4 Å². The fourth-order valence-corrected chi connectivity index (χ4v) is 2.79. The third-order valence-corrected chi connectivity index (χ3v) is 4.01. The number of pyridine rings is 2. The average Bonchev–Trinajstić information content (AvgIpc) is 2.54. The fourth-order valence-electron chi connectivity index (χ4n) is 2.79. The molecule has 2 aromatic rings. The van der Waals surface area contributed by atoms with Gasteiger partial charge in [0, 0.05) is 24.4 Å². The molecule has 0 saturated heterocycles. The standard InChI is InChI=1S/C19H22N4O2/c1-12(2)21-17-7-5-6-10-23(17)18(24)9-8-15-13(3)16(11-20)19(25)22-14(15)4/h5-7,10,12H,8-9H2,1-4H3,(H,22,25). The van der Waals surface area contributed by atoms with Crippen LogP contribution in [0.5, 0.6) is 0 Å². The van der Waals surface area contributed by atoms with Crippen molar-refractivity contribution < 1.29 is 4.79 Å².